The highest BCUT2D eigenvalue weighted by molar-refractivity contribution is 6.04. The molecule has 6 nitrogen and oxygen atoms in total. The molecule has 1 saturated heterocycles. The lowest BCUT2D eigenvalue weighted by Gasteiger charge is -2.14. The van der Waals surface area contributed by atoms with Crippen LogP contribution in [0.3, 0.4) is 0 Å². The van der Waals surface area contributed by atoms with Crippen LogP contribution >= 0.6 is 0 Å². The highest BCUT2D eigenvalue weighted by Gasteiger charge is 2.21. The number of aromatic nitrogens is 2. The number of fused-ring (bicyclic) bond motifs is 1. The standard InChI is InChI=1S/C18H24N4O2/c1-2-3-6-11-22-18(24)15-8-5-4-7-14(15)16(21-22)17(23)20-13-9-10-19-12-13/h4-5,7-8,13,19H,2-3,6,9-12H2,1H3,(H,20,23). The van der Waals surface area contributed by atoms with Crippen molar-refractivity contribution in [2.75, 3.05) is 13.1 Å². The van der Waals surface area contributed by atoms with Gasteiger partial charge in [0.1, 0.15) is 0 Å². The second kappa shape index (κ2) is 7.57. The van der Waals surface area contributed by atoms with Crippen LogP contribution in [0.1, 0.15) is 43.1 Å². The van der Waals surface area contributed by atoms with Crippen LogP contribution in [-0.4, -0.2) is 34.8 Å². The lowest BCUT2D eigenvalue weighted by molar-refractivity contribution is 0.0934. The van der Waals surface area contributed by atoms with E-state index in [1.807, 2.05) is 12.1 Å². The molecule has 0 radical (unpaired) electrons. The van der Waals surface area contributed by atoms with E-state index >= 15 is 0 Å². The van der Waals surface area contributed by atoms with Crippen molar-refractivity contribution in [3.05, 3.63) is 40.3 Å². The Morgan fingerprint density at radius 3 is 2.83 bits per heavy atom. The van der Waals surface area contributed by atoms with Crippen LogP contribution in [0.25, 0.3) is 10.8 Å². The van der Waals surface area contributed by atoms with Gasteiger partial charge in [-0.25, -0.2) is 4.68 Å². The Kier molecular flexibility index (Phi) is 5.25. The second-order valence-corrected chi connectivity index (χ2v) is 6.29. The van der Waals surface area contributed by atoms with Gasteiger partial charge in [0, 0.05) is 24.5 Å². The molecule has 2 N–H and O–H groups in total. The van der Waals surface area contributed by atoms with E-state index in [1.54, 1.807) is 12.1 Å². The maximum atomic E-state index is 12.7. The summed E-state index contributed by atoms with van der Waals surface area (Å²) in [7, 11) is 0. The Balaban J connectivity index is 1.96. The molecule has 0 spiro atoms. The average Bonchev–Trinajstić information content (AvgIpc) is 3.10. The first-order valence-corrected chi connectivity index (χ1v) is 8.72. The smallest absolute Gasteiger partial charge is 0.274 e. The number of carbonyl (C=O) groups excluding carboxylic acids is 1. The molecule has 1 unspecified atom stereocenters. The maximum Gasteiger partial charge on any atom is 0.274 e. The molecule has 6 heteroatoms. The minimum atomic E-state index is -0.204. The minimum Gasteiger partial charge on any atom is -0.347 e. The molecule has 1 aromatic heterocycles. The minimum absolute atomic E-state index is 0.124. The van der Waals surface area contributed by atoms with Crippen molar-refractivity contribution in [3.63, 3.8) is 0 Å². The molecule has 3 rings (SSSR count). The van der Waals surface area contributed by atoms with Gasteiger partial charge in [0.15, 0.2) is 5.69 Å². The quantitative estimate of drug-likeness (QED) is 0.791. The van der Waals surface area contributed by atoms with Crippen LogP contribution in [-0.2, 0) is 6.54 Å². The Bertz CT molecular complexity index is 778. The van der Waals surface area contributed by atoms with Gasteiger partial charge in [-0.05, 0) is 25.5 Å². The fourth-order valence-corrected chi connectivity index (χ4v) is 3.10. The van der Waals surface area contributed by atoms with Gasteiger partial charge in [-0.3, -0.25) is 9.59 Å². The zero-order chi connectivity index (χ0) is 16.9. The Morgan fingerprint density at radius 2 is 2.12 bits per heavy atom. The third-order valence-corrected chi connectivity index (χ3v) is 4.45. The van der Waals surface area contributed by atoms with Crippen LogP contribution in [0, 0.1) is 0 Å². The molecule has 1 amide bonds. The van der Waals surface area contributed by atoms with Crippen LogP contribution in [0.4, 0.5) is 0 Å². The van der Waals surface area contributed by atoms with E-state index in [4.69, 9.17) is 0 Å². The average molecular weight is 328 g/mol. The molecule has 24 heavy (non-hydrogen) atoms. The van der Waals surface area contributed by atoms with Crippen LogP contribution in [0.15, 0.2) is 29.1 Å². The number of nitrogens with zero attached hydrogens (tertiary/aromatic N) is 2. The summed E-state index contributed by atoms with van der Waals surface area (Å²) in [6.45, 7) is 4.35. The number of unbranched alkanes of at least 4 members (excludes halogenated alkanes) is 2. The summed E-state index contributed by atoms with van der Waals surface area (Å²) in [5, 5.41) is 11.8. The predicted molar refractivity (Wildman–Crippen MR) is 94.3 cm³/mol. The van der Waals surface area contributed by atoms with Crippen LogP contribution < -0.4 is 16.2 Å². The van der Waals surface area contributed by atoms with Crippen molar-refractivity contribution in [3.8, 4) is 0 Å². The van der Waals surface area contributed by atoms with Crippen molar-refractivity contribution in [2.24, 2.45) is 0 Å². The van der Waals surface area contributed by atoms with Gasteiger partial charge in [0.05, 0.1) is 5.39 Å². The number of hydrogen-bond donors (Lipinski definition) is 2. The molecule has 0 aliphatic carbocycles. The van der Waals surface area contributed by atoms with Crippen molar-refractivity contribution >= 4 is 16.7 Å². The zero-order valence-corrected chi connectivity index (χ0v) is 14.0. The summed E-state index contributed by atoms with van der Waals surface area (Å²) in [5.74, 6) is -0.204. The fraction of sp³-hybridized carbons (Fsp3) is 0.500. The molecular weight excluding hydrogens is 304 g/mol. The van der Waals surface area contributed by atoms with Gasteiger partial charge in [0.25, 0.3) is 11.5 Å². The van der Waals surface area contributed by atoms with Crippen molar-refractivity contribution in [1.82, 2.24) is 20.4 Å². The molecule has 1 atom stereocenters. The number of benzene rings is 1. The summed E-state index contributed by atoms with van der Waals surface area (Å²) in [6, 6.07) is 7.34. The second-order valence-electron chi connectivity index (χ2n) is 6.29. The molecule has 1 aromatic carbocycles. The van der Waals surface area contributed by atoms with Gasteiger partial charge in [-0.2, -0.15) is 5.10 Å². The monoisotopic (exact) mass is 328 g/mol. The number of nitrogens with one attached hydrogen (secondary N) is 2. The van der Waals surface area contributed by atoms with E-state index in [1.165, 1.54) is 4.68 Å². The summed E-state index contributed by atoms with van der Waals surface area (Å²) in [4.78, 5) is 25.3. The van der Waals surface area contributed by atoms with E-state index in [0.717, 1.165) is 38.8 Å². The molecule has 2 heterocycles. The molecular formula is C18H24N4O2. The molecule has 1 aliphatic heterocycles. The Labute approximate surface area is 141 Å². The molecule has 128 valence electrons. The first-order chi connectivity index (χ1) is 11.7. The van der Waals surface area contributed by atoms with E-state index in [9.17, 15) is 9.59 Å². The molecule has 0 bridgehead atoms. The van der Waals surface area contributed by atoms with E-state index in [0.29, 0.717) is 23.0 Å². The first kappa shape index (κ1) is 16.6. The third-order valence-electron chi connectivity index (χ3n) is 4.45. The zero-order valence-electron chi connectivity index (χ0n) is 14.0. The van der Waals surface area contributed by atoms with Gasteiger partial charge in [-0.1, -0.05) is 38.0 Å². The lowest BCUT2D eigenvalue weighted by atomic mass is 10.1. The van der Waals surface area contributed by atoms with Crippen molar-refractivity contribution < 1.29 is 4.79 Å². The maximum absolute atomic E-state index is 12.7. The number of carbonyl (C=O) groups is 1. The normalized spacial score (nSPS) is 17.3. The van der Waals surface area contributed by atoms with E-state index < -0.39 is 0 Å². The number of aryl methyl sites for hydroxylation is 1. The van der Waals surface area contributed by atoms with Crippen LogP contribution in [0.2, 0.25) is 0 Å². The summed E-state index contributed by atoms with van der Waals surface area (Å²) < 4.78 is 1.44. The molecule has 2 aromatic rings. The summed E-state index contributed by atoms with van der Waals surface area (Å²) in [5.41, 5.74) is 0.217. The number of amides is 1. The Morgan fingerprint density at radius 1 is 1.33 bits per heavy atom. The molecule has 0 saturated carbocycles. The fourth-order valence-electron chi connectivity index (χ4n) is 3.10. The van der Waals surface area contributed by atoms with E-state index in [2.05, 4.69) is 22.7 Å². The van der Waals surface area contributed by atoms with E-state index in [-0.39, 0.29) is 17.5 Å². The molecule has 1 aliphatic rings. The highest BCUT2D eigenvalue weighted by atomic mass is 16.2. The van der Waals surface area contributed by atoms with Crippen LogP contribution in [0.5, 0.6) is 0 Å². The van der Waals surface area contributed by atoms with Gasteiger partial charge in [0.2, 0.25) is 0 Å². The van der Waals surface area contributed by atoms with Crippen molar-refractivity contribution in [1.29, 1.82) is 0 Å². The lowest BCUT2D eigenvalue weighted by Crippen LogP contribution is -2.38. The largest absolute Gasteiger partial charge is 0.347 e. The summed E-state index contributed by atoms with van der Waals surface area (Å²) >= 11 is 0. The SMILES string of the molecule is CCCCCn1nc(C(=O)NC2CCNC2)c2ccccc2c1=O. The third kappa shape index (κ3) is 3.48. The highest BCUT2D eigenvalue weighted by Crippen LogP contribution is 2.14. The number of rotatable bonds is 6. The van der Waals surface area contributed by atoms with Gasteiger partial charge in [-0.15, -0.1) is 0 Å². The van der Waals surface area contributed by atoms with Crippen molar-refractivity contribution in [2.45, 2.75) is 45.2 Å². The predicted octanol–water partition coefficient (Wildman–Crippen LogP) is 1.68. The summed E-state index contributed by atoms with van der Waals surface area (Å²) in [6.07, 6.45) is 3.91. The van der Waals surface area contributed by atoms with Gasteiger partial charge >= 0.3 is 0 Å². The first-order valence-electron chi connectivity index (χ1n) is 8.72. The number of hydrogen-bond acceptors (Lipinski definition) is 4. The molecule has 1 fully saturated rings. The van der Waals surface area contributed by atoms with Gasteiger partial charge < -0.3 is 10.6 Å². The topological polar surface area (TPSA) is 76.0 Å². The Hall–Kier alpha value is -2.21.